The van der Waals surface area contributed by atoms with E-state index < -0.39 is 11.1 Å². The van der Waals surface area contributed by atoms with E-state index in [-0.39, 0.29) is 29.5 Å². The normalized spacial score (nSPS) is 25.1. The van der Waals surface area contributed by atoms with Crippen LogP contribution < -0.4 is 10.5 Å². The minimum Gasteiger partial charge on any atom is -0.487 e. The number of carbonyl (C=O) groups is 1. The number of amidine groups is 1. The first-order chi connectivity index (χ1) is 14.3. The molecule has 1 atom stereocenters. The van der Waals surface area contributed by atoms with E-state index in [0.29, 0.717) is 11.6 Å². The van der Waals surface area contributed by atoms with E-state index in [2.05, 4.69) is 23.8 Å². The van der Waals surface area contributed by atoms with Crippen LogP contribution in [0.3, 0.4) is 0 Å². The first-order valence-electron chi connectivity index (χ1n) is 10.1. The zero-order chi connectivity index (χ0) is 21.1. The van der Waals surface area contributed by atoms with Crippen molar-refractivity contribution in [1.82, 2.24) is 9.97 Å². The summed E-state index contributed by atoms with van der Waals surface area (Å²) in [5.74, 6) is 0.728. The zero-order valence-electron chi connectivity index (χ0n) is 16.9. The van der Waals surface area contributed by atoms with Gasteiger partial charge >= 0.3 is 0 Å². The second-order valence-electron chi connectivity index (χ2n) is 8.80. The molecule has 2 aromatic rings. The number of benzene rings is 1. The van der Waals surface area contributed by atoms with Crippen LogP contribution in [0, 0.1) is 5.41 Å². The third-order valence-corrected chi connectivity index (χ3v) is 7.17. The number of Topliss-reactive ketones (excluding diaryl/α,β-unsaturated/α-hetero) is 1. The van der Waals surface area contributed by atoms with Crippen LogP contribution in [0.5, 0.6) is 5.75 Å². The van der Waals surface area contributed by atoms with E-state index >= 15 is 0 Å². The molecule has 1 unspecified atom stereocenters. The molecule has 1 saturated carbocycles. The Kier molecular flexibility index (Phi) is 4.13. The molecule has 1 aromatic carbocycles. The Morgan fingerprint density at radius 1 is 1.23 bits per heavy atom. The van der Waals surface area contributed by atoms with Crippen LogP contribution in [0.4, 0.5) is 0 Å². The molecular weight excluding hydrogens is 404 g/mol. The molecule has 1 aliphatic carbocycles. The Hall–Kier alpha value is -2.67. The molecule has 7 nitrogen and oxygen atoms in total. The van der Waals surface area contributed by atoms with Crippen molar-refractivity contribution >= 4 is 23.4 Å². The van der Waals surface area contributed by atoms with Crippen molar-refractivity contribution in [3.05, 3.63) is 52.6 Å². The van der Waals surface area contributed by atoms with Gasteiger partial charge in [-0.2, -0.15) is 0 Å². The molecule has 30 heavy (non-hydrogen) atoms. The van der Waals surface area contributed by atoms with Crippen molar-refractivity contribution in [2.75, 3.05) is 6.61 Å². The maximum absolute atomic E-state index is 12.7. The number of ether oxygens (including phenoxy) is 2. The number of hydrogen-bond acceptors (Lipinski definition) is 7. The molecule has 0 bridgehead atoms. The van der Waals surface area contributed by atoms with E-state index in [1.165, 1.54) is 12.4 Å². The van der Waals surface area contributed by atoms with Crippen molar-refractivity contribution in [2.45, 2.75) is 50.7 Å². The fraction of sp³-hybridized carbons (Fsp3) is 0.455. The molecule has 0 radical (unpaired) electrons. The van der Waals surface area contributed by atoms with Crippen molar-refractivity contribution in [3.8, 4) is 5.75 Å². The minimum atomic E-state index is -0.609. The molecule has 0 amide bonds. The Balaban J connectivity index is 1.56. The average Bonchev–Trinajstić information content (AvgIpc) is 3.03. The lowest BCUT2D eigenvalue weighted by molar-refractivity contribution is -0.157. The van der Waals surface area contributed by atoms with Crippen LogP contribution in [0.15, 0.2) is 35.6 Å². The summed E-state index contributed by atoms with van der Waals surface area (Å²) in [6.07, 6.45) is 6.11. The summed E-state index contributed by atoms with van der Waals surface area (Å²) in [6, 6.07) is 6.03. The summed E-state index contributed by atoms with van der Waals surface area (Å²) in [4.78, 5) is 25.6. The standard InChI is InChI=1S/C22H23ClN4O3/c1-20(2)21(6-3-7-21)22(12-29-19(24)27-22)15-8-13(4-5-17(15)30-20)9-16(28)18-25-10-14(23)11-26-18/h4-5,8,10-11H,3,6-7,9,12H2,1-2H3,(H2,24,27). The Bertz CT molecular complexity index is 1060. The first kappa shape index (κ1) is 19.3. The van der Waals surface area contributed by atoms with Gasteiger partial charge in [-0.25, -0.2) is 15.0 Å². The lowest BCUT2D eigenvalue weighted by Gasteiger charge is -2.62. The third-order valence-electron chi connectivity index (χ3n) is 6.97. The van der Waals surface area contributed by atoms with E-state index in [1.54, 1.807) is 0 Å². The topological polar surface area (TPSA) is 99.7 Å². The van der Waals surface area contributed by atoms with Crippen molar-refractivity contribution in [3.63, 3.8) is 0 Å². The summed E-state index contributed by atoms with van der Waals surface area (Å²) in [7, 11) is 0. The second kappa shape index (κ2) is 6.41. The lowest BCUT2D eigenvalue weighted by Crippen LogP contribution is -2.66. The van der Waals surface area contributed by atoms with Gasteiger partial charge in [-0.3, -0.25) is 4.79 Å². The zero-order valence-corrected chi connectivity index (χ0v) is 17.7. The molecule has 2 spiro atoms. The number of aliphatic imine (C=N–C) groups is 1. The van der Waals surface area contributed by atoms with Crippen LogP contribution in [-0.4, -0.2) is 34.0 Å². The number of nitrogens with two attached hydrogens (primary N) is 1. The van der Waals surface area contributed by atoms with Gasteiger partial charge < -0.3 is 15.2 Å². The van der Waals surface area contributed by atoms with Gasteiger partial charge in [0.1, 0.15) is 23.5 Å². The van der Waals surface area contributed by atoms with Crippen LogP contribution in [0.1, 0.15) is 54.9 Å². The number of ketones is 1. The molecule has 1 aromatic heterocycles. The first-order valence-corrected chi connectivity index (χ1v) is 10.5. The molecule has 2 N–H and O–H groups in total. The average molecular weight is 427 g/mol. The molecule has 3 heterocycles. The number of rotatable bonds is 3. The maximum atomic E-state index is 12.7. The van der Waals surface area contributed by atoms with Crippen molar-refractivity contribution in [1.29, 1.82) is 0 Å². The van der Waals surface area contributed by atoms with Crippen LogP contribution in [0.25, 0.3) is 0 Å². The fourth-order valence-corrected chi connectivity index (χ4v) is 5.41. The predicted molar refractivity (Wildman–Crippen MR) is 112 cm³/mol. The largest absolute Gasteiger partial charge is 0.487 e. The molecule has 2 aliphatic heterocycles. The molecule has 156 valence electrons. The SMILES string of the molecule is CC1(C)Oc2ccc(CC(=O)c3ncc(Cl)cn3)cc2C2(COC(N)=N2)C12CCC2. The Morgan fingerprint density at radius 3 is 2.57 bits per heavy atom. The smallest absolute Gasteiger partial charge is 0.283 e. The minimum absolute atomic E-state index is 0.145. The third kappa shape index (κ3) is 2.57. The molecule has 5 rings (SSSR count). The van der Waals surface area contributed by atoms with Crippen LogP contribution in [0.2, 0.25) is 5.02 Å². The fourth-order valence-electron chi connectivity index (χ4n) is 5.31. The summed E-state index contributed by atoms with van der Waals surface area (Å²) >= 11 is 5.82. The molecule has 0 saturated heterocycles. The van der Waals surface area contributed by atoms with Crippen molar-refractivity contribution in [2.24, 2.45) is 16.1 Å². The maximum Gasteiger partial charge on any atom is 0.283 e. The quantitative estimate of drug-likeness (QED) is 0.754. The summed E-state index contributed by atoms with van der Waals surface area (Å²) in [5.41, 5.74) is 6.56. The van der Waals surface area contributed by atoms with Gasteiger partial charge in [0.15, 0.2) is 5.82 Å². The van der Waals surface area contributed by atoms with Gasteiger partial charge in [0.25, 0.3) is 6.02 Å². The van der Waals surface area contributed by atoms with Gasteiger partial charge in [0.05, 0.1) is 5.02 Å². The van der Waals surface area contributed by atoms with E-state index in [4.69, 9.17) is 31.8 Å². The van der Waals surface area contributed by atoms with Crippen LogP contribution >= 0.6 is 11.6 Å². The van der Waals surface area contributed by atoms with Gasteiger partial charge in [-0.15, -0.1) is 0 Å². The highest BCUT2D eigenvalue weighted by molar-refractivity contribution is 6.30. The Labute approximate surface area is 179 Å². The van der Waals surface area contributed by atoms with Crippen LogP contribution in [-0.2, 0) is 16.7 Å². The van der Waals surface area contributed by atoms with Gasteiger partial charge in [0.2, 0.25) is 5.78 Å². The van der Waals surface area contributed by atoms with E-state index in [9.17, 15) is 4.79 Å². The number of aromatic nitrogens is 2. The highest BCUT2D eigenvalue weighted by Crippen LogP contribution is 2.67. The molecule has 8 heteroatoms. The molecule has 3 aliphatic rings. The number of hydrogen-bond donors (Lipinski definition) is 1. The monoisotopic (exact) mass is 426 g/mol. The number of carbonyl (C=O) groups excluding carboxylic acids is 1. The van der Waals surface area contributed by atoms with Gasteiger partial charge in [0, 0.05) is 29.8 Å². The predicted octanol–water partition coefficient (Wildman–Crippen LogP) is 3.44. The molecule has 1 fully saturated rings. The van der Waals surface area contributed by atoms with E-state index in [0.717, 1.165) is 36.1 Å². The number of fused-ring (bicyclic) bond motifs is 3. The highest BCUT2D eigenvalue weighted by atomic mass is 35.5. The van der Waals surface area contributed by atoms with Gasteiger partial charge in [-0.05, 0) is 44.4 Å². The second-order valence-corrected chi connectivity index (χ2v) is 9.24. The highest BCUT2D eigenvalue weighted by Gasteiger charge is 2.69. The summed E-state index contributed by atoms with van der Waals surface area (Å²) in [6.45, 7) is 4.63. The Morgan fingerprint density at radius 2 is 1.97 bits per heavy atom. The lowest BCUT2D eigenvalue weighted by atomic mass is 9.48. The van der Waals surface area contributed by atoms with Crippen molar-refractivity contribution < 1.29 is 14.3 Å². The molecular formula is C22H23ClN4O3. The summed E-state index contributed by atoms with van der Waals surface area (Å²) in [5, 5.41) is 0.393. The summed E-state index contributed by atoms with van der Waals surface area (Å²) < 4.78 is 12.2. The number of nitrogens with zero attached hydrogens (tertiary/aromatic N) is 3. The van der Waals surface area contributed by atoms with Gasteiger partial charge in [-0.1, -0.05) is 24.1 Å². The number of halogens is 1. The van der Waals surface area contributed by atoms with E-state index in [1.807, 2.05) is 18.2 Å².